The number of aromatic nitrogens is 4. The van der Waals surface area contributed by atoms with E-state index in [4.69, 9.17) is 10.1 Å². The normalized spacial score (nSPS) is 14.9. The Kier molecular flexibility index (Phi) is 6.14. The Balaban J connectivity index is 1.49. The fourth-order valence-electron chi connectivity index (χ4n) is 3.92. The number of carbonyl (C=O) groups is 1. The van der Waals surface area contributed by atoms with Crippen LogP contribution in [0, 0.1) is 6.92 Å². The number of aryl methyl sites for hydroxylation is 1. The Morgan fingerprint density at radius 1 is 1.03 bits per heavy atom. The van der Waals surface area contributed by atoms with Crippen molar-refractivity contribution in [3.63, 3.8) is 0 Å². The van der Waals surface area contributed by atoms with Crippen LogP contribution in [0.3, 0.4) is 0 Å². The molecule has 2 aromatic heterocycles. The summed E-state index contributed by atoms with van der Waals surface area (Å²) in [6.45, 7) is 3.86. The van der Waals surface area contributed by atoms with Crippen LogP contribution in [0.5, 0.6) is 0 Å². The number of thioether (sulfide) groups is 1. The Morgan fingerprint density at radius 3 is 2.56 bits per heavy atom. The Labute approximate surface area is 202 Å². The molecule has 34 heavy (non-hydrogen) atoms. The second-order valence-electron chi connectivity index (χ2n) is 8.03. The molecule has 8 heteroatoms. The van der Waals surface area contributed by atoms with Crippen molar-refractivity contribution < 1.29 is 4.79 Å². The molecular weight excluding hydrogens is 444 g/mol. The number of nitrogens with zero attached hydrogens (tertiary/aromatic N) is 4. The van der Waals surface area contributed by atoms with Crippen molar-refractivity contribution in [2.45, 2.75) is 30.8 Å². The van der Waals surface area contributed by atoms with Crippen molar-refractivity contribution in [1.82, 2.24) is 19.7 Å². The summed E-state index contributed by atoms with van der Waals surface area (Å²) in [7, 11) is 0. The minimum atomic E-state index is -0.500. The molecule has 0 aliphatic carbocycles. The first kappa shape index (κ1) is 21.9. The highest BCUT2D eigenvalue weighted by atomic mass is 32.2. The van der Waals surface area contributed by atoms with Gasteiger partial charge in [-0.25, -0.2) is 4.68 Å². The molecule has 0 saturated carbocycles. The first-order valence-electron chi connectivity index (χ1n) is 11.0. The van der Waals surface area contributed by atoms with Crippen LogP contribution in [0.2, 0.25) is 0 Å². The molecule has 0 bridgehead atoms. The number of fused-ring (bicyclic) bond motifs is 1. The highest BCUT2D eigenvalue weighted by Gasteiger charge is 2.35. The maximum atomic E-state index is 13.5. The van der Waals surface area contributed by atoms with Crippen LogP contribution in [0.15, 0.2) is 95.4 Å². The van der Waals surface area contributed by atoms with E-state index >= 15 is 0 Å². The van der Waals surface area contributed by atoms with Crippen molar-refractivity contribution in [3.8, 4) is 0 Å². The third kappa shape index (κ3) is 4.45. The topological polar surface area (TPSA) is 84.7 Å². The number of hydrogen-bond acceptors (Lipinski definition) is 6. The lowest BCUT2D eigenvalue weighted by Crippen LogP contribution is -2.32. The van der Waals surface area contributed by atoms with Crippen molar-refractivity contribution in [3.05, 3.63) is 107 Å². The zero-order chi connectivity index (χ0) is 23.5. The molecule has 2 N–H and O–H groups in total. The van der Waals surface area contributed by atoms with Crippen LogP contribution in [-0.2, 0) is 10.5 Å². The molecule has 0 fully saturated rings. The van der Waals surface area contributed by atoms with E-state index in [0.717, 1.165) is 28.4 Å². The SMILES string of the molecule is CC1=C(C(=O)Nc2ccccc2C)[C@H](c2ccccn2)n2nc(SCc3ccccc3)nc2N1. The van der Waals surface area contributed by atoms with Gasteiger partial charge in [-0.15, -0.1) is 5.10 Å². The standard InChI is InChI=1S/C26H24N6OS/c1-17-10-6-7-13-20(17)29-24(33)22-18(2)28-25-30-26(34-16-19-11-4-3-5-12-19)31-32(25)23(22)21-14-8-9-15-27-21/h3-15,23H,16H2,1-2H3,(H,29,33)(H,28,30,31)/t23-/m0/s1. The number of rotatable bonds is 6. The summed E-state index contributed by atoms with van der Waals surface area (Å²) < 4.78 is 1.76. The molecule has 1 atom stereocenters. The fourth-order valence-corrected chi connectivity index (χ4v) is 4.71. The van der Waals surface area contributed by atoms with Gasteiger partial charge in [0.1, 0.15) is 6.04 Å². The van der Waals surface area contributed by atoms with E-state index in [2.05, 4.69) is 27.8 Å². The van der Waals surface area contributed by atoms with E-state index in [1.54, 1.807) is 22.6 Å². The van der Waals surface area contributed by atoms with Crippen LogP contribution in [-0.4, -0.2) is 25.7 Å². The predicted molar refractivity (Wildman–Crippen MR) is 135 cm³/mol. The number of para-hydroxylation sites is 1. The summed E-state index contributed by atoms with van der Waals surface area (Å²) in [4.78, 5) is 22.8. The van der Waals surface area contributed by atoms with Gasteiger partial charge >= 0.3 is 0 Å². The molecule has 0 unspecified atom stereocenters. The predicted octanol–water partition coefficient (Wildman–Crippen LogP) is 5.20. The molecule has 7 nitrogen and oxygen atoms in total. The molecule has 0 saturated heterocycles. The average molecular weight is 469 g/mol. The van der Waals surface area contributed by atoms with E-state index in [9.17, 15) is 4.79 Å². The van der Waals surface area contributed by atoms with Crippen LogP contribution >= 0.6 is 11.8 Å². The minimum absolute atomic E-state index is 0.199. The molecular formula is C26H24N6OS. The van der Waals surface area contributed by atoms with Gasteiger partial charge in [0.05, 0.1) is 11.3 Å². The van der Waals surface area contributed by atoms with Crippen LogP contribution in [0.1, 0.15) is 29.8 Å². The average Bonchev–Trinajstić information content (AvgIpc) is 3.26. The van der Waals surface area contributed by atoms with Crippen molar-refractivity contribution >= 4 is 29.3 Å². The van der Waals surface area contributed by atoms with Gasteiger partial charge in [0, 0.05) is 23.3 Å². The third-order valence-electron chi connectivity index (χ3n) is 5.65. The Morgan fingerprint density at radius 2 is 1.79 bits per heavy atom. The van der Waals surface area contributed by atoms with Gasteiger partial charge in [-0.05, 0) is 43.2 Å². The van der Waals surface area contributed by atoms with E-state index in [0.29, 0.717) is 16.7 Å². The summed E-state index contributed by atoms with van der Waals surface area (Å²) in [5.41, 5.74) is 4.97. The number of anilines is 2. The highest BCUT2D eigenvalue weighted by Crippen LogP contribution is 2.36. The van der Waals surface area contributed by atoms with Gasteiger partial charge in [0.15, 0.2) is 0 Å². The van der Waals surface area contributed by atoms with Gasteiger partial charge in [-0.2, -0.15) is 4.98 Å². The molecule has 1 amide bonds. The zero-order valence-electron chi connectivity index (χ0n) is 18.9. The summed E-state index contributed by atoms with van der Waals surface area (Å²) in [6.07, 6.45) is 1.73. The first-order chi connectivity index (χ1) is 16.6. The maximum absolute atomic E-state index is 13.5. The molecule has 3 heterocycles. The lowest BCUT2D eigenvalue weighted by Gasteiger charge is -2.28. The number of allylic oxidation sites excluding steroid dienone is 1. The highest BCUT2D eigenvalue weighted by molar-refractivity contribution is 7.98. The summed E-state index contributed by atoms with van der Waals surface area (Å²) in [5.74, 6) is 1.15. The lowest BCUT2D eigenvalue weighted by atomic mass is 9.98. The minimum Gasteiger partial charge on any atom is -0.328 e. The molecule has 5 rings (SSSR count). The van der Waals surface area contributed by atoms with Gasteiger partial charge < -0.3 is 10.6 Å². The Bertz CT molecular complexity index is 1350. The number of benzene rings is 2. The van der Waals surface area contributed by atoms with Crippen LogP contribution in [0.4, 0.5) is 11.6 Å². The Hall–Kier alpha value is -3.91. The molecule has 170 valence electrons. The fraction of sp³-hybridized carbons (Fsp3) is 0.154. The third-order valence-corrected chi connectivity index (χ3v) is 6.56. The number of amides is 1. The van der Waals surface area contributed by atoms with Crippen molar-refractivity contribution in [2.24, 2.45) is 0 Å². The monoisotopic (exact) mass is 468 g/mol. The zero-order valence-corrected chi connectivity index (χ0v) is 19.7. The van der Waals surface area contributed by atoms with E-state index in [1.807, 2.05) is 74.5 Å². The molecule has 4 aromatic rings. The lowest BCUT2D eigenvalue weighted by molar-refractivity contribution is -0.113. The van der Waals surface area contributed by atoms with Gasteiger partial charge in [-0.3, -0.25) is 9.78 Å². The smallest absolute Gasteiger partial charge is 0.255 e. The number of nitrogens with one attached hydrogen (secondary N) is 2. The van der Waals surface area contributed by atoms with E-state index in [-0.39, 0.29) is 5.91 Å². The van der Waals surface area contributed by atoms with Gasteiger partial charge in [0.25, 0.3) is 5.91 Å². The van der Waals surface area contributed by atoms with Crippen molar-refractivity contribution in [2.75, 3.05) is 10.6 Å². The van der Waals surface area contributed by atoms with Crippen LogP contribution < -0.4 is 10.6 Å². The first-order valence-corrected chi connectivity index (χ1v) is 12.0. The second-order valence-corrected chi connectivity index (χ2v) is 8.97. The van der Waals surface area contributed by atoms with E-state index in [1.165, 1.54) is 5.56 Å². The molecule has 0 spiro atoms. The number of carbonyl (C=O) groups excluding carboxylic acids is 1. The molecule has 1 aliphatic heterocycles. The number of pyridine rings is 1. The van der Waals surface area contributed by atoms with Crippen molar-refractivity contribution in [1.29, 1.82) is 0 Å². The number of hydrogen-bond donors (Lipinski definition) is 2. The van der Waals surface area contributed by atoms with Crippen LogP contribution in [0.25, 0.3) is 0 Å². The van der Waals surface area contributed by atoms with Gasteiger partial charge in [-0.1, -0.05) is 66.4 Å². The molecule has 0 radical (unpaired) electrons. The molecule has 2 aromatic carbocycles. The van der Waals surface area contributed by atoms with Gasteiger partial charge in [0.2, 0.25) is 11.1 Å². The quantitative estimate of drug-likeness (QED) is 0.378. The second kappa shape index (κ2) is 9.52. The molecule has 1 aliphatic rings. The van der Waals surface area contributed by atoms with E-state index < -0.39 is 6.04 Å². The maximum Gasteiger partial charge on any atom is 0.255 e. The largest absolute Gasteiger partial charge is 0.328 e. The summed E-state index contributed by atoms with van der Waals surface area (Å²) in [5, 5.41) is 11.7. The summed E-state index contributed by atoms with van der Waals surface area (Å²) in [6, 6.07) is 23.1. The summed E-state index contributed by atoms with van der Waals surface area (Å²) >= 11 is 1.56.